The number of halogens is 2. The first-order chi connectivity index (χ1) is 12.6. The number of benzene rings is 1. The van der Waals surface area contributed by atoms with E-state index in [0.29, 0.717) is 60.6 Å². The van der Waals surface area contributed by atoms with Crippen molar-refractivity contribution in [1.29, 1.82) is 0 Å². The number of anilines is 1. The summed E-state index contributed by atoms with van der Waals surface area (Å²) in [4.78, 5) is 28.0. The third-order valence-electron chi connectivity index (χ3n) is 4.26. The number of hydrogen-bond acceptors (Lipinski definition) is 4. The number of amides is 2. The van der Waals surface area contributed by atoms with Crippen LogP contribution in [0.2, 0.25) is 10.0 Å². The molecule has 1 aromatic carbocycles. The highest BCUT2D eigenvalue weighted by atomic mass is 35.5. The van der Waals surface area contributed by atoms with Crippen LogP contribution in [0.25, 0.3) is 0 Å². The fourth-order valence-corrected chi connectivity index (χ4v) is 3.18. The first-order valence-corrected chi connectivity index (χ1v) is 9.10. The fourth-order valence-electron chi connectivity index (χ4n) is 2.82. The average molecular weight is 396 g/mol. The number of furan rings is 1. The van der Waals surface area contributed by atoms with Gasteiger partial charge in [0.05, 0.1) is 22.0 Å². The maximum absolute atomic E-state index is 12.4. The molecular formula is C18H19Cl2N3O3. The van der Waals surface area contributed by atoms with Crippen molar-refractivity contribution < 1.29 is 14.0 Å². The molecule has 0 bridgehead atoms. The number of hydrogen-bond donors (Lipinski definition) is 1. The Kier molecular flexibility index (Phi) is 6.06. The van der Waals surface area contributed by atoms with Gasteiger partial charge in [0.15, 0.2) is 5.76 Å². The van der Waals surface area contributed by atoms with Crippen LogP contribution in [0.5, 0.6) is 0 Å². The molecule has 138 valence electrons. The second-order valence-corrected chi connectivity index (χ2v) is 6.71. The van der Waals surface area contributed by atoms with Gasteiger partial charge < -0.3 is 19.5 Å². The van der Waals surface area contributed by atoms with Gasteiger partial charge in [0.2, 0.25) is 5.91 Å². The van der Waals surface area contributed by atoms with E-state index in [-0.39, 0.29) is 11.8 Å². The highest BCUT2D eigenvalue weighted by Crippen LogP contribution is 2.29. The largest absolute Gasteiger partial charge is 0.459 e. The molecule has 1 N–H and O–H groups in total. The summed E-state index contributed by atoms with van der Waals surface area (Å²) >= 11 is 12.1. The van der Waals surface area contributed by atoms with E-state index in [4.69, 9.17) is 27.6 Å². The average Bonchev–Trinajstić information content (AvgIpc) is 3.19. The van der Waals surface area contributed by atoms with Gasteiger partial charge in [-0.15, -0.1) is 0 Å². The Morgan fingerprint density at radius 3 is 2.46 bits per heavy atom. The van der Waals surface area contributed by atoms with Gasteiger partial charge in [0.25, 0.3) is 5.91 Å². The Bertz CT molecular complexity index is 772. The molecule has 0 unspecified atom stereocenters. The molecule has 0 saturated carbocycles. The third kappa shape index (κ3) is 4.31. The van der Waals surface area contributed by atoms with E-state index >= 15 is 0 Å². The Hall–Kier alpha value is -2.18. The van der Waals surface area contributed by atoms with Crippen molar-refractivity contribution in [3.63, 3.8) is 0 Å². The van der Waals surface area contributed by atoms with Gasteiger partial charge >= 0.3 is 0 Å². The van der Waals surface area contributed by atoms with E-state index in [2.05, 4.69) is 5.32 Å². The Balaban J connectivity index is 1.44. The monoisotopic (exact) mass is 395 g/mol. The summed E-state index contributed by atoms with van der Waals surface area (Å²) in [6, 6.07) is 8.66. The zero-order chi connectivity index (χ0) is 18.5. The molecule has 2 aromatic rings. The van der Waals surface area contributed by atoms with Crippen LogP contribution in [0.4, 0.5) is 5.69 Å². The van der Waals surface area contributed by atoms with Gasteiger partial charge in [-0.3, -0.25) is 9.59 Å². The van der Waals surface area contributed by atoms with Crippen LogP contribution in [-0.2, 0) is 4.79 Å². The Morgan fingerprint density at radius 1 is 1.04 bits per heavy atom. The van der Waals surface area contributed by atoms with Gasteiger partial charge in [-0.2, -0.15) is 0 Å². The highest BCUT2D eigenvalue weighted by molar-refractivity contribution is 6.43. The van der Waals surface area contributed by atoms with Crippen molar-refractivity contribution in [2.45, 2.75) is 6.42 Å². The molecule has 0 spiro atoms. The first-order valence-electron chi connectivity index (χ1n) is 8.34. The summed E-state index contributed by atoms with van der Waals surface area (Å²) in [6.07, 6.45) is 1.82. The summed E-state index contributed by atoms with van der Waals surface area (Å²) in [5, 5.41) is 4.05. The van der Waals surface area contributed by atoms with Gasteiger partial charge in [-0.25, -0.2) is 0 Å². The standard InChI is InChI=1S/C18H19Cl2N3O3/c19-13-3-1-4-14(17(13)20)21-7-6-16(24)22-8-10-23(11-9-22)18(25)15-5-2-12-26-15/h1-5,12,21H,6-11H2. The maximum atomic E-state index is 12.4. The smallest absolute Gasteiger partial charge is 0.289 e. The lowest BCUT2D eigenvalue weighted by molar-refractivity contribution is -0.132. The van der Waals surface area contributed by atoms with Gasteiger partial charge in [-0.05, 0) is 24.3 Å². The molecule has 2 amide bonds. The molecule has 8 heteroatoms. The number of carbonyl (C=O) groups is 2. The van der Waals surface area contributed by atoms with Crippen LogP contribution in [0.1, 0.15) is 17.0 Å². The molecule has 0 radical (unpaired) electrons. The topological polar surface area (TPSA) is 65.8 Å². The summed E-state index contributed by atoms with van der Waals surface area (Å²) in [6.45, 7) is 2.49. The van der Waals surface area contributed by atoms with Crippen LogP contribution < -0.4 is 5.32 Å². The number of nitrogens with zero attached hydrogens (tertiary/aromatic N) is 2. The van der Waals surface area contributed by atoms with Crippen LogP contribution >= 0.6 is 23.2 Å². The van der Waals surface area contributed by atoms with Crippen molar-refractivity contribution in [3.05, 3.63) is 52.4 Å². The van der Waals surface area contributed by atoms with E-state index in [1.165, 1.54) is 6.26 Å². The first kappa shape index (κ1) is 18.6. The second kappa shape index (κ2) is 8.47. The zero-order valence-corrected chi connectivity index (χ0v) is 15.6. The predicted molar refractivity (Wildman–Crippen MR) is 101 cm³/mol. The number of rotatable bonds is 5. The van der Waals surface area contributed by atoms with Crippen LogP contribution in [0.3, 0.4) is 0 Å². The van der Waals surface area contributed by atoms with E-state index in [0.717, 1.165) is 0 Å². The second-order valence-electron chi connectivity index (χ2n) is 5.93. The third-order valence-corrected chi connectivity index (χ3v) is 5.08. The SMILES string of the molecule is O=C(CCNc1cccc(Cl)c1Cl)N1CCN(C(=O)c2ccco2)CC1. The molecule has 3 rings (SSSR count). The van der Waals surface area contributed by atoms with E-state index in [9.17, 15) is 9.59 Å². The van der Waals surface area contributed by atoms with Crippen molar-refractivity contribution >= 4 is 40.7 Å². The quantitative estimate of drug-likeness (QED) is 0.842. The molecule has 0 atom stereocenters. The van der Waals surface area contributed by atoms with Crippen molar-refractivity contribution in [3.8, 4) is 0 Å². The van der Waals surface area contributed by atoms with E-state index < -0.39 is 0 Å². The van der Waals surface area contributed by atoms with Crippen molar-refractivity contribution in [2.24, 2.45) is 0 Å². The van der Waals surface area contributed by atoms with Crippen molar-refractivity contribution in [1.82, 2.24) is 9.80 Å². The van der Waals surface area contributed by atoms with Gasteiger partial charge in [-0.1, -0.05) is 29.3 Å². The Labute approximate surface area is 161 Å². The number of carbonyl (C=O) groups excluding carboxylic acids is 2. The lowest BCUT2D eigenvalue weighted by Crippen LogP contribution is -2.50. The minimum Gasteiger partial charge on any atom is -0.459 e. The van der Waals surface area contributed by atoms with Crippen molar-refractivity contribution in [2.75, 3.05) is 38.0 Å². The Morgan fingerprint density at radius 2 is 1.77 bits per heavy atom. The summed E-state index contributed by atoms with van der Waals surface area (Å²) in [5.41, 5.74) is 0.709. The van der Waals surface area contributed by atoms with Crippen LogP contribution in [0, 0.1) is 0 Å². The van der Waals surface area contributed by atoms with Crippen LogP contribution in [0.15, 0.2) is 41.0 Å². The molecule has 2 heterocycles. The maximum Gasteiger partial charge on any atom is 0.289 e. The molecule has 1 aliphatic heterocycles. The molecule has 26 heavy (non-hydrogen) atoms. The number of nitrogens with one attached hydrogen (secondary N) is 1. The number of piperazine rings is 1. The normalized spacial score (nSPS) is 14.4. The molecule has 6 nitrogen and oxygen atoms in total. The predicted octanol–water partition coefficient (Wildman–Crippen LogP) is 3.37. The zero-order valence-electron chi connectivity index (χ0n) is 14.1. The molecular weight excluding hydrogens is 377 g/mol. The molecule has 1 fully saturated rings. The summed E-state index contributed by atoms with van der Waals surface area (Å²) < 4.78 is 5.14. The summed E-state index contributed by atoms with van der Waals surface area (Å²) in [7, 11) is 0. The minimum atomic E-state index is -0.139. The molecule has 1 saturated heterocycles. The molecule has 1 aliphatic rings. The van der Waals surface area contributed by atoms with E-state index in [1.807, 2.05) is 6.07 Å². The van der Waals surface area contributed by atoms with Gasteiger partial charge in [0, 0.05) is 39.1 Å². The lowest BCUT2D eigenvalue weighted by atomic mass is 10.2. The van der Waals surface area contributed by atoms with E-state index in [1.54, 1.807) is 34.1 Å². The van der Waals surface area contributed by atoms with Crippen LogP contribution in [-0.4, -0.2) is 54.3 Å². The van der Waals surface area contributed by atoms with Gasteiger partial charge in [0.1, 0.15) is 0 Å². The highest BCUT2D eigenvalue weighted by Gasteiger charge is 2.25. The summed E-state index contributed by atoms with van der Waals surface area (Å²) in [5.74, 6) is 0.229. The fraction of sp³-hybridized carbons (Fsp3) is 0.333. The lowest BCUT2D eigenvalue weighted by Gasteiger charge is -2.34. The minimum absolute atomic E-state index is 0.0424. The molecule has 1 aromatic heterocycles. The molecule has 0 aliphatic carbocycles.